The number of aryl methyl sites for hydroxylation is 1. The van der Waals surface area contributed by atoms with Crippen LogP contribution in [-0.2, 0) is 17.2 Å². The van der Waals surface area contributed by atoms with Crippen LogP contribution in [-0.4, -0.2) is 54.1 Å². The van der Waals surface area contributed by atoms with Gasteiger partial charge < -0.3 is 9.12 Å². The summed E-state index contributed by atoms with van der Waals surface area (Å²) >= 11 is 0. The largest absolute Gasteiger partial charge is 0.741 e. The third-order valence-corrected chi connectivity index (χ3v) is 3.27. The number of nitrogens with zero attached hydrogens (tertiary/aromatic N) is 3. The van der Waals surface area contributed by atoms with Crippen LogP contribution in [0.3, 0.4) is 0 Å². The van der Waals surface area contributed by atoms with E-state index in [1.807, 2.05) is 0 Å². The van der Waals surface area contributed by atoms with Crippen molar-refractivity contribution in [3.05, 3.63) is 12.0 Å². The Kier molecular flexibility index (Phi) is 4.65. The molecule has 0 fully saturated rings. The highest BCUT2D eigenvalue weighted by Crippen LogP contribution is 2.20. The topological polar surface area (TPSA) is 117 Å². The monoisotopic (exact) mass is 344 g/mol. The van der Waals surface area contributed by atoms with Crippen molar-refractivity contribution in [1.82, 2.24) is 9.55 Å². The number of quaternary nitrogens is 1. The Hall–Kier alpha value is -1.99. The van der Waals surface area contributed by atoms with Gasteiger partial charge in [-0.25, -0.2) is 27.9 Å². The maximum Gasteiger partial charge on any atom is 0.485 e. The number of amides is 3. The standard InChI is InChI=1S/C8H10N4O2.CHF3O3S/c1-10-4-9-6-5(10)7(13)12(3)8(14)11(6)2;2-1(3,4)8(5,6)7/h4H,1-3H3;(H,5,6,7). The molecule has 1 aliphatic rings. The highest BCUT2D eigenvalue weighted by atomic mass is 32.2. The Morgan fingerprint density at radius 2 is 1.73 bits per heavy atom. The van der Waals surface area contributed by atoms with Crippen LogP contribution in [0.1, 0.15) is 10.5 Å². The van der Waals surface area contributed by atoms with Crippen molar-refractivity contribution in [3.63, 3.8) is 0 Å². The molecule has 1 unspecified atom stereocenters. The molecular formula is C9H11F3N4O5S. The zero-order chi connectivity index (χ0) is 17.5. The number of nitrogens with one attached hydrogen (secondary N) is 1. The summed E-state index contributed by atoms with van der Waals surface area (Å²) in [5.41, 5.74) is -5.17. The number of carbonyl (C=O) groups excluding carboxylic acids is 2. The average molecular weight is 344 g/mol. The maximum atomic E-state index is 11.7. The molecule has 0 bridgehead atoms. The summed E-state index contributed by atoms with van der Waals surface area (Å²) < 4.78 is 60.5. The van der Waals surface area contributed by atoms with Gasteiger partial charge in [0.2, 0.25) is 0 Å². The quantitative estimate of drug-likeness (QED) is 0.462. The molecular weight excluding hydrogens is 333 g/mol. The number of anilines is 1. The predicted molar refractivity (Wildman–Crippen MR) is 64.0 cm³/mol. The number of aromatic nitrogens is 2. The molecule has 22 heavy (non-hydrogen) atoms. The number of hydrogen-bond acceptors (Lipinski definition) is 6. The molecule has 0 spiro atoms. The van der Waals surface area contributed by atoms with Crippen LogP contribution >= 0.6 is 0 Å². The molecule has 0 radical (unpaired) electrons. The lowest BCUT2D eigenvalue weighted by Gasteiger charge is -2.22. The Bertz CT molecular complexity index is 711. The van der Waals surface area contributed by atoms with Gasteiger partial charge in [-0.3, -0.25) is 0 Å². The number of imidazole rings is 1. The molecule has 1 N–H and O–H groups in total. The third kappa shape index (κ3) is 3.26. The maximum absolute atomic E-state index is 11.7. The first-order valence-electron chi connectivity index (χ1n) is 5.48. The molecule has 0 aliphatic carbocycles. The fourth-order valence-electron chi connectivity index (χ4n) is 1.55. The minimum atomic E-state index is -6.09. The van der Waals surface area contributed by atoms with E-state index in [2.05, 4.69) is 4.98 Å². The number of carbonyl (C=O) groups is 2. The van der Waals surface area contributed by atoms with Gasteiger partial charge in [-0.2, -0.15) is 18.1 Å². The molecule has 1 atom stereocenters. The summed E-state index contributed by atoms with van der Waals surface area (Å²) in [4.78, 5) is 28.9. The van der Waals surface area contributed by atoms with Crippen LogP contribution in [0.25, 0.3) is 0 Å². The molecule has 1 aliphatic heterocycles. The smallest absolute Gasteiger partial charge is 0.485 e. The Morgan fingerprint density at radius 3 is 2.14 bits per heavy atom. The number of alkyl halides is 3. The minimum absolute atomic E-state index is 0.233. The van der Waals surface area contributed by atoms with Gasteiger partial charge in [-0.15, -0.1) is 0 Å². The minimum Gasteiger partial charge on any atom is -0.741 e. The molecule has 0 aromatic carbocycles. The SMILES string of the molecule is CN1C(=O)[NH+](C)C(=O)c2c1ncn2C.O=S(=O)([O-])C(F)(F)F. The van der Waals surface area contributed by atoms with E-state index in [0.29, 0.717) is 11.5 Å². The lowest BCUT2D eigenvalue weighted by atomic mass is 10.3. The summed E-state index contributed by atoms with van der Waals surface area (Å²) in [6.07, 6.45) is 1.53. The molecule has 0 saturated heterocycles. The second-order valence-electron chi connectivity index (χ2n) is 4.25. The van der Waals surface area contributed by atoms with Crippen LogP contribution in [0.4, 0.5) is 23.8 Å². The Balaban J connectivity index is 0.000000261. The third-order valence-electron chi connectivity index (χ3n) is 2.70. The van der Waals surface area contributed by atoms with Crippen molar-refractivity contribution in [1.29, 1.82) is 0 Å². The average Bonchev–Trinajstić information content (AvgIpc) is 2.74. The summed E-state index contributed by atoms with van der Waals surface area (Å²) in [6, 6.07) is -0.277. The second kappa shape index (κ2) is 5.66. The van der Waals surface area contributed by atoms with Gasteiger partial charge >= 0.3 is 17.4 Å². The van der Waals surface area contributed by atoms with Gasteiger partial charge in [-0.05, 0) is 0 Å². The van der Waals surface area contributed by atoms with Gasteiger partial charge in [0.25, 0.3) is 0 Å². The van der Waals surface area contributed by atoms with E-state index < -0.39 is 15.6 Å². The van der Waals surface area contributed by atoms with Crippen LogP contribution in [0.5, 0.6) is 0 Å². The van der Waals surface area contributed by atoms with Crippen molar-refractivity contribution in [2.75, 3.05) is 19.0 Å². The Labute approximate surface area is 122 Å². The first kappa shape index (κ1) is 18.1. The van der Waals surface area contributed by atoms with Crippen molar-refractivity contribution >= 4 is 27.9 Å². The highest BCUT2D eigenvalue weighted by Gasteiger charge is 2.41. The number of halogens is 3. The first-order chi connectivity index (χ1) is 9.79. The van der Waals surface area contributed by atoms with Gasteiger partial charge in [0.05, 0.1) is 13.4 Å². The van der Waals surface area contributed by atoms with Gasteiger partial charge in [0.1, 0.15) is 0 Å². The lowest BCUT2D eigenvalue weighted by molar-refractivity contribution is -0.698. The van der Waals surface area contributed by atoms with Crippen molar-refractivity contribution in [2.24, 2.45) is 7.05 Å². The van der Waals surface area contributed by atoms with Gasteiger partial charge in [0, 0.05) is 14.1 Å². The summed E-state index contributed by atoms with van der Waals surface area (Å²) in [6.45, 7) is 0. The van der Waals surface area contributed by atoms with E-state index >= 15 is 0 Å². The van der Waals surface area contributed by atoms with Gasteiger partial charge in [-0.1, -0.05) is 0 Å². The van der Waals surface area contributed by atoms with E-state index in [4.69, 9.17) is 13.0 Å². The van der Waals surface area contributed by atoms with Crippen LogP contribution in [0.15, 0.2) is 6.33 Å². The number of fused-ring (bicyclic) bond motifs is 1. The first-order valence-corrected chi connectivity index (χ1v) is 6.89. The summed E-state index contributed by atoms with van der Waals surface area (Å²) in [5.74, 6) is 0.205. The number of hydrogen-bond donors (Lipinski definition) is 1. The van der Waals surface area contributed by atoms with E-state index in [9.17, 15) is 22.8 Å². The molecule has 2 rings (SSSR count). The zero-order valence-electron chi connectivity index (χ0n) is 11.5. The van der Waals surface area contributed by atoms with Gasteiger partial charge in [0.15, 0.2) is 21.6 Å². The summed E-state index contributed by atoms with van der Waals surface area (Å²) in [5, 5.41) is 0. The second-order valence-corrected chi connectivity index (χ2v) is 5.62. The van der Waals surface area contributed by atoms with E-state index in [-0.39, 0.29) is 16.8 Å². The molecule has 3 amide bonds. The number of imide groups is 1. The zero-order valence-corrected chi connectivity index (χ0v) is 12.3. The Morgan fingerprint density at radius 1 is 1.27 bits per heavy atom. The predicted octanol–water partition coefficient (Wildman–Crippen LogP) is -1.30. The fourth-order valence-corrected chi connectivity index (χ4v) is 1.55. The molecule has 1 aromatic heterocycles. The van der Waals surface area contributed by atoms with Crippen LogP contribution in [0.2, 0.25) is 0 Å². The van der Waals surface area contributed by atoms with Crippen molar-refractivity contribution < 1.29 is 40.6 Å². The van der Waals surface area contributed by atoms with Crippen LogP contribution < -0.4 is 9.80 Å². The molecule has 124 valence electrons. The van der Waals surface area contributed by atoms with Crippen LogP contribution in [0, 0.1) is 0 Å². The normalized spacial score (nSPS) is 18.7. The lowest BCUT2D eigenvalue weighted by Crippen LogP contribution is -3.16. The van der Waals surface area contributed by atoms with Crippen molar-refractivity contribution in [2.45, 2.75) is 5.51 Å². The molecule has 13 heteroatoms. The van der Waals surface area contributed by atoms with Crippen molar-refractivity contribution in [3.8, 4) is 0 Å². The molecule has 2 heterocycles. The fraction of sp³-hybridized carbons (Fsp3) is 0.444. The molecule has 9 nitrogen and oxygen atoms in total. The molecule has 0 saturated carbocycles. The van der Waals surface area contributed by atoms with E-state index in [1.165, 1.54) is 18.3 Å². The summed E-state index contributed by atoms with van der Waals surface area (Å²) in [7, 11) is -1.20. The van der Waals surface area contributed by atoms with E-state index in [1.54, 1.807) is 18.7 Å². The van der Waals surface area contributed by atoms with E-state index in [0.717, 1.165) is 0 Å². The highest BCUT2D eigenvalue weighted by molar-refractivity contribution is 7.86. The molecule has 1 aromatic rings. The number of rotatable bonds is 0. The number of urea groups is 1.